The Morgan fingerprint density at radius 2 is 2.26 bits per heavy atom. The number of rotatable bonds is 5. The van der Waals surface area contributed by atoms with Crippen LogP contribution in [0.4, 0.5) is 5.69 Å². The van der Waals surface area contributed by atoms with E-state index in [1.54, 1.807) is 10.7 Å². The zero-order valence-corrected chi connectivity index (χ0v) is 10.4. The summed E-state index contributed by atoms with van der Waals surface area (Å²) in [5, 5.41) is 15.1. The molecule has 0 spiro atoms. The van der Waals surface area contributed by atoms with Gasteiger partial charge in [-0.1, -0.05) is 0 Å². The van der Waals surface area contributed by atoms with E-state index in [1.807, 2.05) is 12.3 Å². The second-order valence-corrected chi connectivity index (χ2v) is 3.89. The van der Waals surface area contributed by atoms with Crippen LogP contribution in [0.2, 0.25) is 0 Å². The topological polar surface area (TPSA) is 96.2 Å². The zero-order chi connectivity index (χ0) is 13.8. The first-order valence-corrected chi connectivity index (χ1v) is 5.72. The van der Waals surface area contributed by atoms with Gasteiger partial charge in [-0.15, -0.1) is 0 Å². The molecule has 0 aliphatic heterocycles. The summed E-state index contributed by atoms with van der Waals surface area (Å²) in [5.74, 6) is 0.423. The molecule has 0 bridgehead atoms. The van der Waals surface area contributed by atoms with Crippen molar-refractivity contribution in [3.63, 3.8) is 0 Å². The number of benzene rings is 1. The van der Waals surface area contributed by atoms with E-state index in [9.17, 15) is 10.1 Å². The van der Waals surface area contributed by atoms with E-state index in [4.69, 9.17) is 10.5 Å². The predicted molar refractivity (Wildman–Crippen MR) is 69.9 cm³/mol. The maximum atomic E-state index is 10.7. The molecule has 0 atom stereocenters. The fourth-order valence-electron chi connectivity index (χ4n) is 1.77. The molecule has 1 aromatic heterocycles. The number of nitro groups is 1. The standard InChI is InChI=1S/C12H14N4O3/c1-19-12-8-9(16(17)18)2-3-10(12)11-4-6-15(14-11)7-5-13/h2-4,6,8H,5,7,13H2,1H3. The third-order valence-electron chi connectivity index (χ3n) is 2.67. The van der Waals surface area contributed by atoms with Crippen molar-refractivity contribution in [3.8, 4) is 17.0 Å². The van der Waals surface area contributed by atoms with Crippen LogP contribution in [0, 0.1) is 10.1 Å². The molecule has 7 heteroatoms. The summed E-state index contributed by atoms with van der Waals surface area (Å²) in [7, 11) is 1.47. The van der Waals surface area contributed by atoms with Gasteiger partial charge >= 0.3 is 0 Å². The van der Waals surface area contributed by atoms with Crippen LogP contribution >= 0.6 is 0 Å². The molecule has 1 heterocycles. The van der Waals surface area contributed by atoms with Crippen molar-refractivity contribution in [1.29, 1.82) is 0 Å². The molecule has 0 fully saturated rings. The third-order valence-corrected chi connectivity index (χ3v) is 2.67. The monoisotopic (exact) mass is 262 g/mol. The minimum absolute atomic E-state index is 0.0120. The Balaban J connectivity index is 2.40. The molecule has 2 rings (SSSR count). The number of nitrogens with zero attached hydrogens (tertiary/aromatic N) is 3. The summed E-state index contributed by atoms with van der Waals surface area (Å²) in [6.07, 6.45) is 1.81. The Morgan fingerprint density at radius 3 is 2.89 bits per heavy atom. The normalized spacial score (nSPS) is 10.4. The fourth-order valence-corrected chi connectivity index (χ4v) is 1.77. The Hall–Kier alpha value is -2.41. The molecule has 0 aliphatic carbocycles. The van der Waals surface area contributed by atoms with Crippen LogP contribution in [0.25, 0.3) is 11.3 Å². The van der Waals surface area contributed by atoms with Gasteiger partial charge in [0.1, 0.15) is 5.75 Å². The molecule has 2 N–H and O–H groups in total. The summed E-state index contributed by atoms with van der Waals surface area (Å²) < 4.78 is 6.90. The molecule has 0 radical (unpaired) electrons. The van der Waals surface area contributed by atoms with Gasteiger partial charge in [-0.2, -0.15) is 5.10 Å². The maximum Gasteiger partial charge on any atom is 0.273 e. The van der Waals surface area contributed by atoms with Crippen LogP contribution in [0.5, 0.6) is 5.75 Å². The Bertz CT molecular complexity index is 594. The molecular weight excluding hydrogens is 248 g/mol. The number of non-ortho nitro benzene ring substituents is 1. The highest BCUT2D eigenvalue weighted by molar-refractivity contribution is 5.69. The van der Waals surface area contributed by atoms with Crippen molar-refractivity contribution in [2.75, 3.05) is 13.7 Å². The van der Waals surface area contributed by atoms with Gasteiger partial charge in [0.2, 0.25) is 0 Å². The van der Waals surface area contributed by atoms with Crippen LogP contribution in [0.3, 0.4) is 0 Å². The van der Waals surface area contributed by atoms with E-state index in [-0.39, 0.29) is 5.69 Å². The largest absolute Gasteiger partial charge is 0.496 e. The molecule has 0 saturated carbocycles. The molecule has 0 amide bonds. The lowest BCUT2D eigenvalue weighted by molar-refractivity contribution is -0.384. The minimum Gasteiger partial charge on any atom is -0.496 e. The molecular formula is C12H14N4O3. The lowest BCUT2D eigenvalue weighted by atomic mass is 10.1. The van der Waals surface area contributed by atoms with Gasteiger partial charge in [0.25, 0.3) is 5.69 Å². The highest BCUT2D eigenvalue weighted by atomic mass is 16.6. The van der Waals surface area contributed by atoms with Crippen molar-refractivity contribution in [1.82, 2.24) is 9.78 Å². The van der Waals surface area contributed by atoms with Crippen molar-refractivity contribution >= 4 is 5.69 Å². The third kappa shape index (κ3) is 2.71. The molecule has 100 valence electrons. The molecule has 7 nitrogen and oxygen atoms in total. The van der Waals surface area contributed by atoms with E-state index < -0.39 is 4.92 Å². The van der Waals surface area contributed by atoms with Crippen LogP contribution in [0.15, 0.2) is 30.5 Å². The molecule has 1 aromatic carbocycles. The summed E-state index contributed by atoms with van der Waals surface area (Å²) in [4.78, 5) is 10.3. The zero-order valence-electron chi connectivity index (χ0n) is 10.4. The summed E-state index contributed by atoms with van der Waals surface area (Å²) >= 11 is 0. The number of nitro benzene ring substituents is 1. The van der Waals surface area contributed by atoms with Crippen molar-refractivity contribution in [3.05, 3.63) is 40.6 Å². The predicted octanol–water partition coefficient (Wildman–Crippen LogP) is 1.43. The first kappa shape index (κ1) is 13.0. The number of methoxy groups -OCH3 is 1. The highest BCUT2D eigenvalue weighted by Gasteiger charge is 2.14. The number of aromatic nitrogens is 2. The van der Waals surface area contributed by atoms with Crippen LogP contribution in [-0.2, 0) is 6.54 Å². The van der Waals surface area contributed by atoms with Gasteiger partial charge in [-0.3, -0.25) is 14.8 Å². The van der Waals surface area contributed by atoms with Crippen LogP contribution in [-0.4, -0.2) is 28.4 Å². The quantitative estimate of drug-likeness (QED) is 0.649. The highest BCUT2D eigenvalue weighted by Crippen LogP contribution is 2.32. The van der Waals surface area contributed by atoms with Gasteiger partial charge in [-0.25, -0.2) is 0 Å². The van der Waals surface area contributed by atoms with E-state index >= 15 is 0 Å². The first-order valence-electron chi connectivity index (χ1n) is 5.72. The molecule has 0 saturated heterocycles. The van der Waals surface area contributed by atoms with Crippen LogP contribution < -0.4 is 10.5 Å². The number of hydrogen-bond donors (Lipinski definition) is 1. The van der Waals surface area contributed by atoms with E-state index in [2.05, 4.69) is 5.10 Å². The lowest BCUT2D eigenvalue weighted by Gasteiger charge is -2.05. The van der Waals surface area contributed by atoms with E-state index in [0.717, 1.165) is 0 Å². The Morgan fingerprint density at radius 1 is 1.47 bits per heavy atom. The smallest absolute Gasteiger partial charge is 0.273 e. The van der Waals surface area contributed by atoms with Gasteiger partial charge < -0.3 is 10.5 Å². The number of ether oxygens (including phenoxy) is 1. The summed E-state index contributed by atoms with van der Waals surface area (Å²) in [6.45, 7) is 1.12. The van der Waals surface area contributed by atoms with Crippen molar-refractivity contribution in [2.45, 2.75) is 6.54 Å². The average Bonchev–Trinajstić information content (AvgIpc) is 2.86. The van der Waals surface area contributed by atoms with Gasteiger partial charge in [0.15, 0.2) is 0 Å². The number of hydrogen-bond acceptors (Lipinski definition) is 5. The molecule has 2 aromatic rings. The maximum absolute atomic E-state index is 10.7. The van der Waals surface area contributed by atoms with Gasteiger partial charge in [0, 0.05) is 24.4 Å². The summed E-state index contributed by atoms with van der Waals surface area (Å²) in [5.41, 5.74) is 6.85. The van der Waals surface area contributed by atoms with Crippen LogP contribution in [0.1, 0.15) is 0 Å². The van der Waals surface area contributed by atoms with Crippen molar-refractivity contribution in [2.24, 2.45) is 5.73 Å². The van der Waals surface area contributed by atoms with E-state index in [0.29, 0.717) is 30.1 Å². The molecule has 0 aliphatic rings. The van der Waals surface area contributed by atoms with Crippen molar-refractivity contribution < 1.29 is 9.66 Å². The Labute approximate surface area is 109 Å². The second kappa shape index (κ2) is 5.49. The first-order chi connectivity index (χ1) is 9.15. The molecule has 0 unspecified atom stereocenters. The minimum atomic E-state index is -0.459. The molecule has 19 heavy (non-hydrogen) atoms. The fraction of sp³-hybridized carbons (Fsp3) is 0.250. The van der Waals surface area contributed by atoms with E-state index in [1.165, 1.54) is 19.2 Å². The van der Waals surface area contributed by atoms with Gasteiger partial charge in [0.05, 0.1) is 30.3 Å². The second-order valence-electron chi connectivity index (χ2n) is 3.89. The van der Waals surface area contributed by atoms with Gasteiger partial charge in [-0.05, 0) is 12.1 Å². The average molecular weight is 262 g/mol. The Kier molecular flexibility index (Phi) is 3.76. The SMILES string of the molecule is COc1cc([N+](=O)[O-])ccc1-c1ccn(CCN)n1. The summed E-state index contributed by atoms with van der Waals surface area (Å²) in [6, 6.07) is 6.27. The number of nitrogens with two attached hydrogens (primary N) is 1. The lowest BCUT2D eigenvalue weighted by Crippen LogP contribution is -2.10.